The number of sulfonamides is 1. The molecule has 2 aromatic carbocycles. The Morgan fingerprint density at radius 3 is 2.48 bits per heavy atom. The summed E-state index contributed by atoms with van der Waals surface area (Å²) >= 11 is 0. The molecule has 0 spiro atoms. The number of halogens is 1. The van der Waals surface area contributed by atoms with Crippen LogP contribution in [0, 0.1) is 12.7 Å². The molecule has 0 aliphatic carbocycles. The van der Waals surface area contributed by atoms with Gasteiger partial charge in [-0.2, -0.15) is 0 Å². The van der Waals surface area contributed by atoms with Crippen LogP contribution < -0.4 is 4.74 Å². The number of nitrogens with zero attached hydrogens (tertiary/aromatic N) is 1. The van der Waals surface area contributed by atoms with Crippen LogP contribution in [0.3, 0.4) is 0 Å². The lowest BCUT2D eigenvalue weighted by molar-refractivity contribution is 0.0696. The minimum atomic E-state index is -3.94. The number of carbonyl (C=O) groups is 1. The molecule has 3 rings (SSSR count). The fourth-order valence-electron chi connectivity index (χ4n) is 2.52. The van der Waals surface area contributed by atoms with Crippen molar-refractivity contribution in [3.05, 3.63) is 53.5 Å². The molecule has 0 saturated heterocycles. The van der Waals surface area contributed by atoms with Gasteiger partial charge in [0.2, 0.25) is 10.0 Å². The topological polar surface area (TPSA) is 97.1 Å². The molecular formula is C18H16FNO6S. The Labute approximate surface area is 154 Å². The van der Waals surface area contributed by atoms with Crippen molar-refractivity contribution in [2.24, 2.45) is 0 Å². The van der Waals surface area contributed by atoms with E-state index in [4.69, 9.17) is 9.15 Å². The van der Waals surface area contributed by atoms with Gasteiger partial charge in [-0.15, -0.1) is 0 Å². The SMILES string of the molecule is Cc1cc2c(Oc3ccc(S(=O)(=O)N(C)C)c(F)c3)cc(C(=O)O)cc2o1. The average molecular weight is 393 g/mol. The third-order valence-electron chi connectivity index (χ3n) is 3.86. The van der Waals surface area contributed by atoms with Gasteiger partial charge in [0.25, 0.3) is 0 Å². The van der Waals surface area contributed by atoms with Crippen LogP contribution in [-0.4, -0.2) is 37.9 Å². The third-order valence-corrected chi connectivity index (χ3v) is 5.71. The van der Waals surface area contributed by atoms with Crippen LogP contribution in [0.1, 0.15) is 16.1 Å². The van der Waals surface area contributed by atoms with Crippen molar-refractivity contribution < 1.29 is 31.9 Å². The second-order valence-corrected chi connectivity index (χ2v) is 8.15. The maximum absolute atomic E-state index is 14.3. The first-order valence-corrected chi connectivity index (χ1v) is 9.21. The lowest BCUT2D eigenvalue weighted by Gasteiger charge is -2.13. The Hall–Kier alpha value is -2.91. The van der Waals surface area contributed by atoms with Crippen LogP contribution in [0.2, 0.25) is 0 Å². The smallest absolute Gasteiger partial charge is 0.335 e. The molecule has 0 aliphatic rings. The highest BCUT2D eigenvalue weighted by atomic mass is 32.2. The van der Waals surface area contributed by atoms with E-state index in [1.165, 1.54) is 32.3 Å². The van der Waals surface area contributed by atoms with Gasteiger partial charge in [0.05, 0.1) is 10.9 Å². The van der Waals surface area contributed by atoms with Gasteiger partial charge in [0, 0.05) is 20.2 Å². The van der Waals surface area contributed by atoms with Crippen LogP contribution in [-0.2, 0) is 10.0 Å². The van der Waals surface area contributed by atoms with Crippen molar-refractivity contribution in [1.29, 1.82) is 0 Å². The van der Waals surface area contributed by atoms with E-state index < -0.39 is 26.7 Å². The first kappa shape index (κ1) is 18.9. The highest BCUT2D eigenvalue weighted by Gasteiger charge is 2.22. The minimum absolute atomic E-state index is 0.0212. The maximum Gasteiger partial charge on any atom is 0.335 e. The summed E-state index contributed by atoms with van der Waals surface area (Å²) in [7, 11) is -1.34. The summed E-state index contributed by atoms with van der Waals surface area (Å²) in [4.78, 5) is 10.8. The van der Waals surface area contributed by atoms with Crippen molar-refractivity contribution in [2.75, 3.05) is 14.1 Å². The Bertz CT molecular complexity index is 1150. The van der Waals surface area contributed by atoms with Crippen LogP contribution in [0.4, 0.5) is 4.39 Å². The summed E-state index contributed by atoms with van der Waals surface area (Å²) in [5, 5.41) is 9.75. The van der Waals surface area contributed by atoms with E-state index in [2.05, 4.69) is 0 Å². The first-order valence-electron chi connectivity index (χ1n) is 7.77. The Morgan fingerprint density at radius 1 is 1.19 bits per heavy atom. The zero-order valence-electron chi connectivity index (χ0n) is 14.7. The largest absolute Gasteiger partial charge is 0.478 e. The molecule has 0 unspecified atom stereocenters. The molecule has 0 fully saturated rings. The number of hydrogen-bond acceptors (Lipinski definition) is 5. The molecule has 1 aromatic heterocycles. The van der Waals surface area contributed by atoms with E-state index >= 15 is 0 Å². The average Bonchev–Trinajstić information content (AvgIpc) is 2.95. The number of benzene rings is 2. The van der Waals surface area contributed by atoms with Gasteiger partial charge in [-0.05, 0) is 37.3 Å². The van der Waals surface area contributed by atoms with E-state index in [1.54, 1.807) is 13.0 Å². The number of hydrogen-bond donors (Lipinski definition) is 1. The van der Waals surface area contributed by atoms with Crippen LogP contribution >= 0.6 is 0 Å². The van der Waals surface area contributed by atoms with Crippen LogP contribution in [0.15, 0.2) is 45.7 Å². The second kappa shape index (κ2) is 6.67. The molecule has 0 saturated carbocycles. The Kier molecular flexibility index (Phi) is 4.66. The molecule has 9 heteroatoms. The van der Waals surface area contributed by atoms with Crippen molar-refractivity contribution in [1.82, 2.24) is 4.31 Å². The molecular weight excluding hydrogens is 377 g/mol. The molecule has 27 heavy (non-hydrogen) atoms. The summed E-state index contributed by atoms with van der Waals surface area (Å²) in [5.41, 5.74) is 0.258. The number of aromatic carboxylic acids is 1. The monoisotopic (exact) mass is 393 g/mol. The van der Waals surface area contributed by atoms with E-state index in [1.807, 2.05) is 0 Å². The Balaban J connectivity index is 2.05. The summed E-state index contributed by atoms with van der Waals surface area (Å²) in [6.45, 7) is 1.70. The molecule has 7 nitrogen and oxygen atoms in total. The number of aryl methyl sites for hydroxylation is 1. The number of carboxylic acids is 1. The number of rotatable bonds is 5. The van der Waals surface area contributed by atoms with E-state index in [-0.39, 0.29) is 17.1 Å². The van der Waals surface area contributed by atoms with Gasteiger partial charge in [-0.3, -0.25) is 0 Å². The molecule has 1 N–H and O–H groups in total. The predicted octanol–water partition coefficient (Wildman–Crippen LogP) is 3.62. The van der Waals surface area contributed by atoms with Gasteiger partial charge in [0.1, 0.15) is 33.6 Å². The third kappa shape index (κ3) is 3.51. The number of ether oxygens (including phenoxy) is 1. The van der Waals surface area contributed by atoms with Gasteiger partial charge in [0.15, 0.2) is 0 Å². The fraction of sp³-hybridized carbons (Fsp3) is 0.167. The maximum atomic E-state index is 14.3. The quantitative estimate of drug-likeness (QED) is 0.711. The van der Waals surface area contributed by atoms with E-state index in [9.17, 15) is 22.7 Å². The molecule has 1 heterocycles. The number of fused-ring (bicyclic) bond motifs is 1. The lowest BCUT2D eigenvalue weighted by atomic mass is 10.1. The lowest BCUT2D eigenvalue weighted by Crippen LogP contribution is -2.23. The predicted molar refractivity (Wildman–Crippen MR) is 95.3 cm³/mol. The summed E-state index contributed by atoms with van der Waals surface area (Å²) < 4.78 is 50.5. The van der Waals surface area contributed by atoms with Crippen molar-refractivity contribution in [2.45, 2.75) is 11.8 Å². The van der Waals surface area contributed by atoms with E-state index in [0.717, 1.165) is 16.4 Å². The highest BCUT2D eigenvalue weighted by Crippen LogP contribution is 2.34. The zero-order valence-corrected chi connectivity index (χ0v) is 15.5. The van der Waals surface area contributed by atoms with Crippen molar-refractivity contribution >= 4 is 27.0 Å². The summed E-state index contributed by atoms with van der Waals surface area (Å²) in [6, 6.07) is 7.65. The van der Waals surface area contributed by atoms with Gasteiger partial charge < -0.3 is 14.3 Å². The summed E-state index contributed by atoms with van der Waals surface area (Å²) in [5.74, 6) is -1.42. The molecule has 0 radical (unpaired) electrons. The fourth-order valence-corrected chi connectivity index (χ4v) is 3.46. The van der Waals surface area contributed by atoms with Crippen LogP contribution in [0.5, 0.6) is 11.5 Å². The standard InChI is InChI=1S/C18H16FNO6S/c1-10-6-13-15(25-10)7-11(18(21)22)8-16(13)26-12-4-5-17(14(19)9-12)27(23,24)20(2)3/h4-9H,1-3H3,(H,21,22). The van der Waals surface area contributed by atoms with Gasteiger partial charge in [-0.1, -0.05) is 0 Å². The van der Waals surface area contributed by atoms with Crippen molar-refractivity contribution in [3.63, 3.8) is 0 Å². The van der Waals surface area contributed by atoms with Gasteiger partial charge >= 0.3 is 5.97 Å². The number of carboxylic acid groups (broad SMARTS) is 1. The zero-order chi connectivity index (χ0) is 19.9. The molecule has 0 bridgehead atoms. The second-order valence-electron chi connectivity index (χ2n) is 6.03. The Morgan fingerprint density at radius 2 is 1.89 bits per heavy atom. The highest BCUT2D eigenvalue weighted by molar-refractivity contribution is 7.89. The summed E-state index contributed by atoms with van der Waals surface area (Å²) in [6.07, 6.45) is 0. The van der Waals surface area contributed by atoms with E-state index in [0.29, 0.717) is 16.7 Å². The molecule has 0 amide bonds. The molecule has 142 valence electrons. The molecule has 3 aromatic rings. The number of furan rings is 1. The van der Waals surface area contributed by atoms with Crippen LogP contribution in [0.25, 0.3) is 11.0 Å². The normalized spacial score (nSPS) is 11.9. The van der Waals surface area contributed by atoms with Gasteiger partial charge in [-0.25, -0.2) is 21.9 Å². The minimum Gasteiger partial charge on any atom is -0.478 e. The molecule has 0 aliphatic heterocycles. The molecule has 0 atom stereocenters. The first-order chi connectivity index (χ1) is 12.6. The van der Waals surface area contributed by atoms with Crippen molar-refractivity contribution in [3.8, 4) is 11.5 Å².